The third kappa shape index (κ3) is 4.20. The molecule has 43 heavy (non-hydrogen) atoms. The molecule has 0 bridgehead atoms. The first-order chi connectivity index (χ1) is 21.1. The zero-order valence-corrected chi connectivity index (χ0v) is 25.0. The Morgan fingerprint density at radius 3 is 1.77 bits per heavy atom. The summed E-state index contributed by atoms with van der Waals surface area (Å²) >= 11 is 0. The Labute approximate surface area is 251 Å². The molecule has 0 N–H and O–H groups in total. The Hall–Kier alpha value is -5.26. The second-order valence-electron chi connectivity index (χ2n) is 11.5. The van der Waals surface area contributed by atoms with Gasteiger partial charge in [-0.1, -0.05) is 134 Å². The molecule has 5 aromatic carbocycles. The average molecular weight is 569 g/mol. The molecule has 5 heteroatoms. The van der Waals surface area contributed by atoms with Crippen LogP contribution in [0.25, 0.3) is 67.3 Å². The van der Waals surface area contributed by atoms with Crippen LogP contribution < -0.4 is 10.5 Å². The van der Waals surface area contributed by atoms with Gasteiger partial charge in [0.1, 0.15) is 8.07 Å². The molecule has 0 saturated carbocycles. The van der Waals surface area contributed by atoms with Gasteiger partial charge in [0, 0.05) is 38.5 Å². The molecule has 4 nitrogen and oxygen atoms in total. The highest BCUT2D eigenvalue weighted by atomic mass is 28.3. The second kappa shape index (κ2) is 9.93. The topological polar surface area (TPSA) is 51.6 Å². The normalized spacial score (nSPS) is 13.1. The van der Waals surface area contributed by atoms with E-state index in [0.717, 1.165) is 50.4 Å². The lowest BCUT2D eigenvalue weighted by Gasteiger charge is -2.19. The van der Waals surface area contributed by atoms with Gasteiger partial charge in [-0.05, 0) is 22.9 Å². The number of para-hydroxylation sites is 1. The van der Waals surface area contributed by atoms with Gasteiger partial charge < -0.3 is 0 Å². The van der Waals surface area contributed by atoms with E-state index < -0.39 is 8.07 Å². The highest BCUT2D eigenvalue weighted by molar-refractivity contribution is 7.03. The van der Waals surface area contributed by atoms with Crippen LogP contribution in [0.4, 0.5) is 0 Å². The quantitative estimate of drug-likeness (QED) is 0.203. The van der Waals surface area contributed by atoms with Crippen molar-refractivity contribution in [2.75, 3.05) is 0 Å². The minimum Gasteiger partial charge on any atom is -0.237 e. The third-order valence-electron chi connectivity index (χ3n) is 8.45. The van der Waals surface area contributed by atoms with E-state index in [9.17, 15) is 0 Å². The Bertz CT molecular complexity index is 2160. The Morgan fingerprint density at radius 2 is 1.02 bits per heavy atom. The van der Waals surface area contributed by atoms with Crippen molar-refractivity contribution in [1.82, 2.24) is 19.9 Å². The molecule has 204 valence electrons. The van der Waals surface area contributed by atoms with Gasteiger partial charge in [0.2, 0.25) is 0 Å². The van der Waals surface area contributed by atoms with Crippen molar-refractivity contribution < 1.29 is 0 Å². The summed E-state index contributed by atoms with van der Waals surface area (Å²) in [6, 6.07) is 46.2. The number of hydrogen-bond acceptors (Lipinski definition) is 4. The summed E-state index contributed by atoms with van der Waals surface area (Å²) in [5.74, 6) is 1.42. The molecule has 0 radical (unpaired) electrons. The van der Waals surface area contributed by atoms with Gasteiger partial charge in [0.25, 0.3) is 0 Å². The van der Waals surface area contributed by atoms with Crippen LogP contribution >= 0.6 is 0 Å². The maximum atomic E-state index is 5.34. The zero-order chi connectivity index (χ0) is 29.0. The van der Waals surface area contributed by atoms with Gasteiger partial charge in [-0.25, -0.2) is 19.9 Å². The van der Waals surface area contributed by atoms with Crippen molar-refractivity contribution >= 4 is 29.5 Å². The van der Waals surface area contributed by atoms with Gasteiger partial charge in [0.15, 0.2) is 11.6 Å². The molecule has 0 aliphatic carbocycles. The predicted molar refractivity (Wildman–Crippen MR) is 179 cm³/mol. The molecule has 1 aliphatic rings. The van der Waals surface area contributed by atoms with Crippen molar-refractivity contribution in [3.63, 3.8) is 0 Å². The summed E-state index contributed by atoms with van der Waals surface area (Å²) in [5.41, 5.74) is 9.35. The number of nitrogens with zero attached hydrogens (tertiary/aromatic N) is 4. The first-order valence-corrected chi connectivity index (χ1v) is 17.6. The first-order valence-electron chi connectivity index (χ1n) is 14.6. The summed E-state index contributed by atoms with van der Waals surface area (Å²) in [7, 11) is -2.04. The fourth-order valence-corrected chi connectivity index (χ4v) is 9.21. The van der Waals surface area contributed by atoms with Crippen LogP contribution in [0.2, 0.25) is 13.1 Å². The van der Waals surface area contributed by atoms with Crippen molar-refractivity contribution in [3.05, 3.63) is 133 Å². The smallest absolute Gasteiger partial charge is 0.160 e. The van der Waals surface area contributed by atoms with Gasteiger partial charge >= 0.3 is 0 Å². The summed E-state index contributed by atoms with van der Waals surface area (Å²) in [4.78, 5) is 20.7. The van der Waals surface area contributed by atoms with E-state index in [2.05, 4.69) is 116 Å². The van der Waals surface area contributed by atoms with Gasteiger partial charge in [-0.15, -0.1) is 0 Å². The van der Waals surface area contributed by atoms with E-state index in [1.54, 1.807) is 0 Å². The third-order valence-corrected chi connectivity index (χ3v) is 11.8. The van der Waals surface area contributed by atoms with Crippen molar-refractivity contribution in [1.29, 1.82) is 0 Å². The molecule has 2 aromatic heterocycles. The van der Waals surface area contributed by atoms with Crippen LogP contribution in [0.3, 0.4) is 0 Å². The highest BCUT2D eigenvalue weighted by Crippen LogP contribution is 2.37. The largest absolute Gasteiger partial charge is 0.237 e. The van der Waals surface area contributed by atoms with Crippen molar-refractivity contribution in [2.24, 2.45) is 0 Å². The molecule has 3 heterocycles. The SMILES string of the molecule is C[Si]1(C)c2ccccc2-c2c(-c3ccccc3)nc(-c3cccc(-c4nc(-c5ccccc5)c5ccccc5n4)c3)nc21. The average Bonchev–Trinajstić information content (AvgIpc) is 3.31. The van der Waals surface area contributed by atoms with E-state index in [1.807, 2.05) is 30.3 Å². The van der Waals surface area contributed by atoms with E-state index >= 15 is 0 Å². The molecule has 0 unspecified atom stereocenters. The molecule has 0 fully saturated rings. The molecule has 0 atom stereocenters. The standard InChI is InChI=1S/C38H28N4Si/c1-43(2)32-23-12-10-21-30(32)33-35(26-16-7-4-8-17-26)41-37(42-38(33)43)28-19-13-18-27(24-28)36-39-31-22-11-9-20-29(31)34(40-36)25-14-5-3-6-15-25/h3-24H,1-2H3. The van der Waals surface area contributed by atoms with Crippen molar-refractivity contribution in [3.8, 4) is 56.4 Å². The lowest BCUT2D eigenvalue weighted by molar-refractivity contribution is 1.20. The lowest BCUT2D eigenvalue weighted by Crippen LogP contribution is -2.50. The maximum absolute atomic E-state index is 5.34. The summed E-state index contributed by atoms with van der Waals surface area (Å²) in [6.45, 7) is 4.79. The minimum absolute atomic E-state index is 0.686. The van der Waals surface area contributed by atoms with E-state index in [0.29, 0.717) is 5.82 Å². The molecular weight excluding hydrogens is 541 g/mol. The highest BCUT2D eigenvalue weighted by Gasteiger charge is 2.41. The van der Waals surface area contributed by atoms with Crippen LogP contribution in [0, 0.1) is 0 Å². The van der Waals surface area contributed by atoms with Crippen LogP contribution in [0.1, 0.15) is 0 Å². The molecule has 1 aliphatic heterocycles. The van der Waals surface area contributed by atoms with Crippen LogP contribution in [-0.4, -0.2) is 28.0 Å². The maximum Gasteiger partial charge on any atom is 0.160 e. The number of rotatable bonds is 4. The monoisotopic (exact) mass is 568 g/mol. The Balaban J connectivity index is 1.32. The number of aromatic nitrogens is 4. The van der Waals surface area contributed by atoms with Gasteiger partial charge in [0.05, 0.1) is 16.9 Å². The van der Waals surface area contributed by atoms with Crippen LogP contribution in [0.15, 0.2) is 133 Å². The van der Waals surface area contributed by atoms with E-state index in [4.69, 9.17) is 19.9 Å². The summed E-state index contributed by atoms with van der Waals surface area (Å²) < 4.78 is 0. The fraction of sp³-hybridized carbons (Fsp3) is 0.0526. The van der Waals surface area contributed by atoms with Crippen LogP contribution in [0.5, 0.6) is 0 Å². The molecule has 8 rings (SSSR count). The second-order valence-corrected chi connectivity index (χ2v) is 15.8. The summed E-state index contributed by atoms with van der Waals surface area (Å²) in [6.07, 6.45) is 0. The number of benzene rings is 5. The lowest BCUT2D eigenvalue weighted by atomic mass is 10.0. The molecule has 0 spiro atoms. The summed E-state index contributed by atoms with van der Waals surface area (Å²) in [5, 5.41) is 3.64. The first kappa shape index (κ1) is 25.4. The molecule has 0 amide bonds. The minimum atomic E-state index is -2.04. The van der Waals surface area contributed by atoms with Gasteiger partial charge in [-0.3, -0.25) is 0 Å². The fourth-order valence-electron chi connectivity index (χ4n) is 6.29. The predicted octanol–water partition coefficient (Wildman–Crippen LogP) is 7.89. The molecule has 0 saturated heterocycles. The molecular formula is C38H28N4Si. The van der Waals surface area contributed by atoms with Gasteiger partial charge in [-0.2, -0.15) is 0 Å². The van der Waals surface area contributed by atoms with E-state index in [1.165, 1.54) is 21.6 Å². The van der Waals surface area contributed by atoms with Crippen LogP contribution in [-0.2, 0) is 0 Å². The van der Waals surface area contributed by atoms with Crippen molar-refractivity contribution in [2.45, 2.75) is 13.1 Å². The number of fused-ring (bicyclic) bond motifs is 4. The zero-order valence-electron chi connectivity index (χ0n) is 24.0. The number of hydrogen-bond donors (Lipinski definition) is 0. The Morgan fingerprint density at radius 1 is 0.465 bits per heavy atom. The Kier molecular flexibility index (Phi) is 5.88. The van der Waals surface area contributed by atoms with E-state index in [-0.39, 0.29) is 0 Å². The molecule has 7 aromatic rings.